The molecule has 0 saturated carbocycles. The van der Waals surface area contributed by atoms with Crippen molar-refractivity contribution in [2.24, 2.45) is 0 Å². The second-order valence-corrected chi connectivity index (χ2v) is 4.60. The number of halogens is 1. The van der Waals surface area contributed by atoms with Crippen LogP contribution in [0.3, 0.4) is 0 Å². The molecule has 1 aromatic carbocycles. The molecule has 0 radical (unpaired) electrons. The number of aromatic nitrogens is 2. The van der Waals surface area contributed by atoms with Crippen molar-refractivity contribution in [1.82, 2.24) is 8.75 Å². The Morgan fingerprint density at radius 2 is 2.12 bits per heavy atom. The molecule has 0 amide bonds. The summed E-state index contributed by atoms with van der Waals surface area (Å²) in [6, 6.07) is 6.43. The summed E-state index contributed by atoms with van der Waals surface area (Å²) in [4.78, 5) is 10.8. The number of nitro benzene ring substituents is 1. The van der Waals surface area contributed by atoms with Crippen LogP contribution in [0, 0.1) is 10.1 Å². The molecule has 2 aromatic rings. The third-order valence-electron chi connectivity index (χ3n) is 1.69. The van der Waals surface area contributed by atoms with Crippen molar-refractivity contribution in [2.45, 2.75) is 9.92 Å². The van der Waals surface area contributed by atoms with Gasteiger partial charge in [-0.1, -0.05) is 35.5 Å². The smallest absolute Gasteiger partial charge is 0.258 e. The van der Waals surface area contributed by atoms with Gasteiger partial charge in [0.1, 0.15) is 0 Å². The van der Waals surface area contributed by atoms with Crippen LogP contribution in [0.25, 0.3) is 0 Å². The lowest BCUT2D eigenvalue weighted by Gasteiger charge is -1.99. The van der Waals surface area contributed by atoms with Gasteiger partial charge in [0.15, 0.2) is 10.2 Å². The van der Waals surface area contributed by atoms with Crippen molar-refractivity contribution in [3.05, 3.63) is 39.5 Å². The highest BCUT2D eigenvalue weighted by molar-refractivity contribution is 7.99. The quantitative estimate of drug-likeness (QED) is 0.634. The average molecular weight is 274 g/mol. The minimum absolute atomic E-state index is 0.0385. The van der Waals surface area contributed by atoms with Crippen LogP contribution in [0.15, 0.2) is 34.2 Å². The van der Waals surface area contributed by atoms with E-state index < -0.39 is 4.92 Å². The monoisotopic (exact) mass is 273 g/mol. The predicted molar refractivity (Wildman–Crippen MR) is 62.1 cm³/mol. The first-order valence-electron chi connectivity index (χ1n) is 4.08. The zero-order valence-corrected chi connectivity index (χ0v) is 10.1. The molecule has 0 aliphatic carbocycles. The molecule has 0 fully saturated rings. The molecule has 16 heavy (non-hydrogen) atoms. The Morgan fingerprint density at radius 3 is 2.75 bits per heavy atom. The number of para-hydroxylation sites is 1. The Kier molecular flexibility index (Phi) is 3.37. The minimum Gasteiger partial charge on any atom is -0.258 e. The second-order valence-electron chi connectivity index (χ2n) is 2.69. The van der Waals surface area contributed by atoms with Gasteiger partial charge in [-0.25, -0.2) is 0 Å². The number of hydrogen-bond acceptors (Lipinski definition) is 6. The topological polar surface area (TPSA) is 68.9 Å². The fourth-order valence-electron chi connectivity index (χ4n) is 1.03. The summed E-state index contributed by atoms with van der Waals surface area (Å²) in [6.45, 7) is 0. The van der Waals surface area contributed by atoms with Gasteiger partial charge in [0.2, 0.25) is 0 Å². The highest BCUT2D eigenvalue weighted by atomic mass is 35.5. The molecule has 82 valence electrons. The van der Waals surface area contributed by atoms with E-state index >= 15 is 0 Å². The van der Waals surface area contributed by atoms with Crippen molar-refractivity contribution in [3.63, 3.8) is 0 Å². The van der Waals surface area contributed by atoms with Gasteiger partial charge in [-0.15, -0.1) is 0 Å². The van der Waals surface area contributed by atoms with Crippen LogP contribution < -0.4 is 0 Å². The van der Waals surface area contributed by atoms with Gasteiger partial charge in [0, 0.05) is 6.07 Å². The SMILES string of the molecule is O=[N+]([O-])c1ccccc1Sc1nsnc1Cl. The molecule has 0 spiro atoms. The lowest BCUT2D eigenvalue weighted by atomic mass is 10.3. The zero-order chi connectivity index (χ0) is 11.5. The molecule has 0 saturated heterocycles. The molecule has 8 heteroatoms. The lowest BCUT2D eigenvalue weighted by molar-refractivity contribution is -0.387. The molecule has 0 unspecified atom stereocenters. The number of benzene rings is 1. The number of hydrogen-bond donors (Lipinski definition) is 0. The van der Waals surface area contributed by atoms with Crippen LogP contribution in [0.2, 0.25) is 5.15 Å². The van der Waals surface area contributed by atoms with Crippen LogP contribution in [0.1, 0.15) is 0 Å². The van der Waals surface area contributed by atoms with Gasteiger partial charge in [0.25, 0.3) is 5.69 Å². The van der Waals surface area contributed by atoms with Crippen LogP contribution >= 0.6 is 35.1 Å². The first kappa shape index (κ1) is 11.3. The molecule has 0 aliphatic heterocycles. The van der Waals surface area contributed by atoms with E-state index in [1.807, 2.05) is 0 Å². The van der Waals surface area contributed by atoms with Gasteiger partial charge in [-0.3, -0.25) is 10.1 Å². The highest BCUT2D eigenvalue weighted by Crippen LogP contribution is 2.36. The first-order chi connectivity index (χ1) is 7.68. The predicted octanol–water partition coefficient (Wildman–Crippen LogP) is 3.25. The van der Waals surface area contributed by atoms with Gasteiger partial charge in [-0.2, -0.15) is 8.75 Å². The van der Waals surface area contributed by atoms with Gasteiger partial charge in [0.05, 0.1) is 21.5 Å². The molecule has 2 rings (SSSR count). The standard InChI is InChI=1S/C8H4ClN3O2S2/c9-7-8(11-16-10-7)15-6-4-2-1-3-5(6)12(13)14/h1-4H. The number of nitro groups is 1. The Labute approximate surface area is 104 Å². The van der Waals surface area contributed by atoms with E-state index in [-0.39, 0.29) is 10.8 Å². The Bertz CT molecular complexity index is 532. The second kappa shape index (κ2) is 4.77. The fourth-order valence-corrected chi connectivity index (χ4v) is 2.73. The largest absolute Gasteiger partial charge is 0.283 e. The molecular weight excluding hydrogens is 270 g/mol. The first-order valence-corrected chi connectivity index (χ1v) is 6.00. The Morgan fingerprint density at radius 1 is 1.38 bits per heavy atom. The molecule has 0 bridgehead atoms. The number of rotatable bonds is 3. The highest BCUT2D eigenvalue weighted by Gasteiger charge is 2.16. The molecule has 0 aliphatic rings. The van der Waals surface area contributed by atoms with E-state index in [1.165, 1.54) is 6.07 Å². The van der Waals surface area contributed by atoms with Gasteiger partial charge in [-0.05, 0) is 6.07 Å². The Balaban J connectivity index is 2.35. The van der Waals surface area contributed by atoms with Crippen molar-refractivity contribution in [2.75, 3.05) is 0 Å². The van der Waals surface area contributed by atoms with Crippen LogP contribution in [-0.4, -0.2) is 13.7 Å². The third-order valence-corrected chi connectivity index (χ3v) is 3.85. The van der Waals surface area contributed by atoms with Gasteiger partial charge >= 0.3 is 0 Å². The van der Waals surface area contributed by atoms with E-state index in [4.69, 9.17) is 11.6 Å². The molecule has 0 atom stereocenters. The van der Waals surface area contributed by atoms with Crippen LogP contribution in [0.5, 0.6) is 0 Å². The maximum Gasteiger partial charge on any atom is 0.283 e. The molecular formula is C8H4ClN3O2S2. The van der Waals surface area contributed by atoms with E-state index in [9.17, 15) is 10.1 Å². The summed E-state index contributed by atoms with van der Waals surface area (Å²) >= 11 is 7.88. The summed E-state index contributed by atoms with van der Waals surface area (Å²) in [5.74, 6) is 0. The van der Waals surface area contributed by atoms with Crippen molar-refractivity contribution in [1.29, 1.82) is 0 Å². The van der Waals surface area contributed by atoms with E-state index in [1.54, 1.807) is 18.2 Å². The maximum atomic E-state index is 10.8. The van der Waals surface area contributed by atoms with Crippen LogP contribution in [-0.2, 0) is 0 Å². The van der Waals surface area contributed by atoms with E-state index in [0.717, 1.165) is 23.5 Å². The zero-order valence-electron chi connectivity index (χ0n) is 7.66. The lowest BCUT2D eigenvalue weighted by Crippen LogP contribution is -1.90. The average Bonchev–Trinajstić information content (AvgIpc) is 2.65. The Hall–Kier alpha value is -1.18. The fraction of sp³-hybridized carbons (Fsp3) is 0. The van der Waals surface area contributed by atoms with Crippen molar-refractivity contribution >= 4 is 40.8 Å². The summed E-state index contributed by atoms with van der Waals surface area (Å²) in [6.07, 6.45) is 0. The summed E-state index contributed by atoms with van der Waals surface area (Å²) in [7, 11) is 0. The van der Waals surface area contributed by atoms with E-state index in [0.29, 0.717) is 9.92 Å². The van der Waals surface area contributed by atoms with Crippen LogP contribution in [0.4, 0.5) is 5.69 Å². The maximum absolute atomic E-state index is 10.8. The normalized spacial score (nSPS) is 10.3. The van der Waals surface area contributed by atoms with E-state index in [2.05, 4.69) is 8.75 Å². The molecule has 1 heterocycles. The summed E-state index contributed by atoms with van der Waals surface area (Å²) < 4.78 is 7.74. The molecule has 5 nitrogen and oxygen atoms in total. The van der Waals surface area contributed by atoms with Crippen molar-refractivity contribution in [3.8, 4) is 0 Å². The summed E-state index contributed by atoms with van der Waals surface area (Å²) in [5, 5.41) is 11.5. The molecule has 1 aromatic heterocycles. The van der Waals surface area contributed by atoms with Crippen molar-refractivity contribution < 1.29 is 4.92 Å². The van der Waals surface area contributed by atoms with Gasteiger partial charge < -0.3 is 0 Å². The molecule has 0 N–H and O–H groups in total. The minimum atomic E-state index is -0.434. The third kappa shape index (κ3) is 2.31. The number of nitrogens with zero attached hydrogens (tertiary/aromatic N) is 3. The summed E-state index contributed by atoms with van der Waals surface area (Å²) in [5.41, 5.74) is 0.0385.